The maximum Gasteiger partial charge on any atom is 0.273 e. The van der Waals surface area contributed by atoms with Crippen LogP contribution in [0.4, 0.5) is 5.69 Å². The van der Waals surface area contributed by atoms with Gasteiger partial charge in [-0.15, -0.1) is 0 Å². The molecule has 2 rings (SSSR count). The number of likely N-dealkylation sites (tertiary alicyclic amines) is 1. The molecule has 1 aliphatic rings. The fourth-order valence-electron chi connectivity index (χ4n) is 2.47. The number of rotatable bonds is 5. The van der Waals surface area contributed by atoms with Crippen molar-refractivity contribution < 1.29 is 4.79 Å². The number of carbonyl (C=O) groups is 1. The Hall–Kier alpha value is -1.56. The van der Waals surface area contributed by atoms with Crippen LogP contribution in [0.5, 0.6) is 0 Å². The van der Waals surface area contributed by atoms with Crippen molar-refractivity contribution in [3.05, 3.63) is 11.9 Å². The molecule has 20 heavy (non-hydrogen) atoms. The highest BCUT2D eigenvalue weighted by Crippen LogP contribution is 2.15. The fourth-order valence-corrected chi connectivity index (χ4v) is 2.47. The quantitative estimate of drug-likeness (QED) is 0.841. The molecule has 0 spiro atoms. The van der Waals surface area contributed by atoms with Gasteiger partial charge in [0.15, 0.2) is 5.69 Å². The van der Waals surface area contributed by atoms with Crippen LogP contribution < -0.4 is 11.1 Å². The lowest BCUT2D eigenvalue weighted by Gasteiger charge is -2.30. The third kappa shape index (κ3) is 3.72. The molecule has 1 aliphatic heterocycles. The number of anilines is 1. The van der Waals surface area contributed by atoms with Crippen molar-refractivity contribution in [3.63, 3.8) is 0 Å². The number of carbonyl (C=O) groups excluding carboxylic acids is 1. The van der Waals surface area contributed by atoms with Crippen molar-refractivity contribution in [3.8, 4) is 0 Å². The number of nitrogen functional groups attached to an aromatic ring is 1. The van der Waals surface area contributed by atoms with Crippen molar-refractivity contribution in [1.29, 1.82) is 0 Å². The standard InChI is InChI=1S/C14H25N5O/c1-3-19-10-12(15)13(17-19)14(20)16-6-9-18-7-4-11(2)5-8-18/h10-11H,3-9,15H2,1-2H3,(H,16,20). The number of nitrogens with zero attached hydrogens (tertiary/aromatic N) is 3. The fraction of sp³-hybridized carbons (Fsp3) is 0.714. The Bertz CT molecular complexity index is 448. The molecule has 3 N–H and O–H groups in total. The summed E-state index contributed by atoms with van der Waals surface area (Å²) in [5.41, 5.74) is 6.57. The molecule has 0 aliphatic carbocycles. The molecule has 0 saturated carbocycles. The first-order valence-corrected chi connectivity index (χ1v) is 7.43. The largest absolute Gasteiger partial charge is 0.396 e. The molecule has 0 atom stereocenters. The zero-order valence-corrected chi connectivity index (χ0v) is 12.4. The Morgan fingerprint density at radius 1 is 1.50 bits per heavy atom. The summed E-state index contributed by atoms with van der Waals surface area (Å²) in [4.78, 5) is 14.4. The van der Waals surface area contributed by atoms with E-state index in [1.165, 1.54) is 12.8 Å². The number of nitrogens with one attached hydrogen (secondary N) is 1. The van der Waals surface area contributed by atoms with Crippen LogP contribution in [0.3, 0.4) is 0 Å². The SMILES string of the molecule is CCn1cc(N)c(C(=O)NCCN2CCC(C)CC2)n1. The van der Waals surface area contributed by atoms with E-state index in [-0.39, 0.29) is 5.91 Å². The number of piperidine rings is 1. The minimum absolute atomic E-state index is 0.180. The molecular formula is C14H25N5O. The third-order valence-corrected chi connectivity index (χ3v) is 3.92. The lowest BCUT2D eigenvalue weighted by atomic mass is 9.99. The molecule has 0 radical (unpaired) electrons. The molecule has 0 aromatic carbocycles. The van der Waals surface area contributed by atoms with E-state index in [2.05, 4.69) is 22.2 Å². The van der Waals surface area contributed by atoms with E-state index < -0.39 is 0 Å². The summed E-state index contributed by atoms with van der Waals surface area (Å²) in [7, 11) is 0. The van der Waals surface area contributed by atoms with Crippen LogP contribution in [-0.4, -0.2) is 46.8 Å². The molecule has 0 bridgehead atoms. The number of nitrogens with two attached hydrogens (primary N) is 1. The predicted molar refractivity (Wildman–Crippen MR) is 79.5 cm³/mol. The van der Waals surface area contributed by atoms with E-state index in [9.17, 15) is 4.79 Å². The van der Waals surface area contributed by atoms with Gasteiger partial charge < -0.3 is 16.0 Å². The van der Waals surface area contributed by atoms with Gasteiger partial charge in [0.1, 0.15) is 0 Å². The van der Waals surface area contributed by atoms with Gasteiger partial charge in [-0.2, -0.15) is 5.10 Å². The van der Waals surface area contributed by atoms with Crippen LogP contribution in [0.15, 0.2) is 6.20 Å². The second kappa shape index (κ2) is 6.74. The molecular weight excluding hydrogens is 254 g/mol. The van der Waals surface area contributed by atoms with Crippen molar-refractivity contribution >= 4 is 11.6 Å². The van der Waals surface area contributed by atoms with Gasteiger partial charge in [-0.25, -0.2) is 0 Å². The van der Waals surface area contributed by atoms with Crippen molar-refractivity contribution in [2.75, 3.05) is 31.9 Å². The van der Waals surface area contributed by atoms with Crippen LogP contribution in [0.2, 0.25) is 0 Å². The number of aromatic nitrogens is 2. The van der Waals surface area contributed by atoms with Gasteiger partial charge in [-0.1, -0.05) is 6.92 Å². The summed E-state index contributed by atoms with van der Waals surface area (Å²) < 4.78 is 1.68. The zero-order valence-electron chi connectivity index (χ0n) is 12.4. The molecule has 112 valence electrons. The van der Waals surface area contributed by atoms with E-state index in [0.29, 0.717) is 24.5 Å². The first kappa shape index (κ1) is 14.8. The second-order valence-electron chi connectivity index (χ2n) is 5.57. The number of hydrogen-bond donors (Lipinski definition) is 2. The molecule has 2 heterocycles. The minimum atomic E-state index is -0.180. The maximum absolute atomic E-state index is 12.0. The highest BCUT2D eigenvalue weighted by atomic mass is 16.2. The summed E-state index contributed by atoms with van der Waals surface area (Å²) in [5.74, 6) is 0.652. The van der Waals surface area contributed by atoms with Crippen LogP contribution in [0, 0.1) is 5.92 Å². The Morgan fingerprint density at radius 2 is 2.20 bits per heavy atom. The molecule has 6 heteroatoms. The van der Waals surface area contributed by atoms with Gasteiger partial charge in [0.2, 0.25) is 0 Å². The van der Waals surface area contributed by atoms with Gasteiger partial charge in [0.05, 0.1) is 5.69 Å². The van der Waals surface area contributed by atoms with Crippen molar-refractivity contribution in [1.82, 2.24) is 20.0 Å². The van der Waals surface area contributed by atoms with Crippen molar-refractivity contribution in [2.45, 2.75) is 33.2 Å². The van der Waals surface area contributed by atoms with Gasteiger partial charge in [0, 0.05) is 25.8 Å². The summed E-state index contributed by atoms with van der Waals surface area (Å²) in [6.45, 7) is 8.77. The monoisotopic (exact) mass is 279 g/mol. The van der Waals surface area contributed by atoms with E-state index in [1.807, 2.05) is 6.92 Å². The van der Waals surface area contributed by atoms with Crippen molar-refractivity contribution in [2.24, 2.45) is 5.92 Å². The van der Waals surface area contributed by atoms with E-state index >= 15 is 0 Å². The summed E-state index contributed by atoms with van der Waals surface area (Å²) in [6, 6.07) is 0. The van der Waals surface area contributed by atoms with Crippen LogP contribution >= 0.6 is 0 Å². The first-order valence-electron chi connectivity index (χ1n) is 7.43. The third-order valence-electron chi connectivity index (χ3n) is 3.92. The topological polar surface area (TPSA) is 76.2 Å². The Kier molecular flexibility index (Phi) is 5.00. The molecule has 1 amide bonds. The second-order valence-corrected chi connectivity index (χ2v) is 5.57. The minimum Gasteiger partial charge on any atom is -0.396 e. The van der Waals surface area contributed by atoms with Crippen LogP contribution in [0.1, 0.15) is 37.2 Å². The van der Waals surface area contributed by atoms with E-state index in [1.54, 1.807) is 10.9 Å². The Balaban J connectivity index is 1.76. The van der Waals surface area contributed by atoms with Gasteiger partial charge >= 0.3 is 0 Å². The molecule has 1 aromatic heterocycles. The smallest absolute Gasteiger partial charge is 0.273 e. The lowest BCUT2D eigenvalue weighted by Crippen LogP contribution is -2.39. The highest BCUT2D eigenvalue weighted by molar-refractivity contribution is 5.96. The number of amides is 1. The lowest BCUT2D eigenvalue weighted by molar-refractivity contribution is 0.0939. The summed E-state index contributed by atoms with van der Waals surface area (Å²) in [6.07, 6.45) is 4.20. The Labute approximate surface area is 120 Å². The molecule has 1 aromatic rings. The van der Waals surface area contributed by atoms with Gasteiger partial charge in [-0.3, -0.25) is 9.48 Å². The molecule has 6 nitrogen and oxygen atoms in total. The number of hydrogen-bond acceptors (Lipinski definition) is 4. The highest BCUT2D eigenvalue weighted by Gasteiger charge is 2.17. The average molecular weight is 279 g/mol. The summed E-state index contributed by atoms with van der Waals surface area (Å²) in [5, 5.41) is 7.07. The van der Waals surface area contributed by atoms with Gasteiger partial charge in [0.25, 0.3) is 5.91 Å². The first-order chi connectivity index (χ1) is 9.60. The molecule has 1 fully saturated rings. The summed E-state index contributed by atoms with van der Waals surface area (Å²) >= 11 is 0. The van der Waals surface area contributed by atoms with Gasteiger partial charge in [-0.05, 0) is 38.8 Å². The zero-order chi connectivity index (χ0) is 14.5. The molecule has 1 saturated heterocycles. The normalized spacial score (nSPS) is 17.3. The van der Waals surface area contributed by atoms with E-state index in [4.69, 9.17) is 5.73 Å². The van der Waals surface area contributed by atoms with Crippen LogP contribution in [-0.2, 0) is 6.54 Å². The molecule has 0 unspecified atom stereocenters. The average Bonchev–Trinajstić information content (AvgIpc) is 2.82. The predicted octanol–water partition coefficient (Wildman–Crippen LogP) is 0.947. The maximum atomic E-state index is 12.0. The Morgan fingerprint density at radius 3 is 2.80 bits per heavy atom. The van der Waals surface area contributed by atoms with Crippen LogP contribution in [0.25, 0.3) is 0 Å². The number of aryl methyl sites for hydroxylation is 1. The van der Waals surface area contributed by atoms with E-state index in [0.717, 1.165) is 25.6 Å².